The van der Waals surface area contributed by atoms with Crippen molar-refractivity contribution in [2.45, 2.75) is 19.8 Å². The van der Waals surface area contributed by atoms with E-state index in [4.69, 9.17) is 10.0 Å². The van der Waals surface area contributed by atoms with Crippen LogP contribution in [0.3, 0.4) is 0 Å². The van der Waals surface area contributed by atoms with Gasteiger partial charge >= 0.3 is 13.1 Å². The minimum Gasteiger partial charge on any atom is -0.469 e. The summed E-state index contributed by atoms with van der Waals surface area (Å²) in [6.07, 6.45) is 2.91. The van der Waals surface area contributed by atoms with E-state index < -0.39 is 7.12 Å². The van der Waals surface area contributed by atoms with E-state index in [-0.39, 0.29) is 17.8 Å². The number of hydrogen-bond acceptors (Lipinski definition) is 4. The fourth-order valence-corrected chi connectivity index (χ4v) is 1.82. The first-order valence-corrected chi connectivity index (χ1v) is 4.70. The Labute approximate surface area is 83.7 Å². The zero-order valence-electron chi connectivity index (χ0n) is 8.43. The highest BCUT2D eigenvalue weighted by molar-refractivity contribution is 6.50. The van der Waals surface area contributed by atoms with Crippen molar-refractivity contribution in [2.75, 3.05) is 7.11 Å². The molecule has 0 saturated carbocycles. The molecule has 0 aromatic heterocycles. The number of allylic oxidation sites excluding steroid dienone is 2. The Morgan fingerprint density at radius 3 is 2.71 bits per heavy atom. The first kappa shape index (κ1) is 11.3. The Bertz CT molecular complexity index is 249. The molecule has 5 heteroatoms. The van der Waals surface area contributed by atoms with E-state index in [0.29, 0.717) is 18.3 Å². The molecule has 0 fully saturated rings. The van der Waals surface area contributed by atoms with Gasteiger partial charge in [0.15, 0.2) is 0 Å². The largest absolute Gasteiger partial charge is 0.483 e. The molecule has 0 aliphatic heterocycles. The smallest absolute Gasteiger partial charge is 0.469 e. The molecule has 0 bridgehead atoms. The molecule has 0 amide bonds. The third-order valence-electron chi connectivity index (χ3n) is 2.69. The van der Waals surface area contributed by atoms with Crippen LogP contribution < -0.4 is 0 Å². The number of carbonyl (C=O) groups is 1. The molecule has 0 unspecified atom stereocenters. The lowest BCUT2D eigenvalue weighted by Crippen LogP contribution is -2.29. The zero-order chi connectivity index (χ0) is 10.7. The highest BCUT2D eigenvalue weighted by Crippen LogP contribution is 2.29. The normalized spacial score (nSPS) is 26.7. The minimum absolute atomic E-state index is 0.00741. The van der Waals surface area contributed by atoms with E-state index in [1.54, 1.807) is 6.08 Å². The van der Waals surface area contributed by atoms with E-state index in [2.05, 4.69) is 4.74 Å². The Kier molecular flexibility index (Phi) is 3.72. The standard InChI is InChI=1S/C9H15BO4/c1-6-5-7(10(12)13)3-4-8(6)9(11)14-2/h5-6,8,12-13H,3-4H2,1-2H3/t6-,8+/m0/s1. The van der Waals surface area contributed by atoms with Gasteiger partial charge in [0.25, 0.3) is 0 Å². The van der Waals surface area contributed by atoms with E-state index in [0.717, 1.165) is 0 Å². The average molecular weight is 198 g/mol. The summed E-state index contributed by atoms with van der Waals surface area (Å²) in [5.41, 5.74) is 0.595. The molecule has 4 nitrogen and oxygen atoms in total. The van der Waals surface area contributed by atoms with Crippen LogP contribution in [-0.2, 0) is 9.53 Å². The summed E-state index contributed by atoms with van der Waals surface area (Å²) in [4.78, 5) is 11.3. The molecule has 0 aromatic carbocycles. The van der Waals surface area contributed by atoms with Crippen molar-refractivity contribution in [2.24, 2.45) is 11.8 Å². The van der Waals surface area contributed by atoms with Crippen LogP contribution in [0.2, 0.25) is 0 Å². The molecule has 2 atom stereocenters. The van der Waals surface area contributed by atoms with Gasteiger partial charge in [0, 0.05) is 0 Å². The fraction of sp³-hybridized carbons (Fsp3) is 0.667. The van der Waals surface area contributed by atoms with Gasteiger partial charge in [0.1, 0.15) is 0 Å². The lowest BCUT2D eigenvalue weighted by molar-refractivity contribution is -0.147. The molecule has 1 aliphatic rings. The summed E-state index contributed by atoms with van der Waals surface area (Å²) in [6.45, 7) is 1.88. The lowest BCUT2D eigenvalue weighted by Gasteiger charge is -2.25. The number of methoxy groups -OCH3 is 1. The van der Waals surface area contributed by atoms with Crippen LogP contribution in [0.25, 0.3) is 0 Å². The van der Waals surface area contributed by atoms with Crippen molar-refractivity contribution in [3.05, 3.63) is 11.5 Å². The molecule has 0 aromatic rings. The van der Waals surface area contributed by atoms with E-state index in [1.807, 2.05) is 6.92 Å². The van der Waals surface area contributed by atoms with Crippen LogP contribution in [0, 0.1) is 11.8 Å². The zero-order valence-corrected chi connectivity index (χ0v) is 8.43. The van der Waals surface area contributed by atoms with E-state index >= 15 is 0 Å². The molecule has 0 radical (unpaired) electrons. The van der Waals surface area contributed by atoms with E-state index in [9.17, 15) is 4.79 Å². The molecule has 78 valence electrons. The summed E-state index contributed by atoms with van der Waals surface area (Å²) >= 11 is 0. The number of ether oxygens (including phenoxy) is 1. The van der Waals surface area contributed by atoms with Gasteiger partial charge in [-0.2, -0.15) is 0 Å². The van der Waals surface area contributed by atoms with Gasteiger partial charge in [-0.1, -0.05) is 13.0 Å². The number of rotatable bonds is 2. The van der Waals surface area contributed by atoms with Crippen LogP contribution in [-0.4, -0.2) is 30.2 Å². The van der Waals surface area contributed by atoms with Crippen LogP contribution in [0.15, 0.2) is 11.5 Å². The van der Waals surface area contributed by atoms with Crippen molar-refractivity contribution in [3.63, 3.8) is 0 Å². The molecular weight excluding hydrogens is 183 g/mol. The Morgan fingerprint density at radius 2 is 2.29 bits per heavy atom. The van der Waals surface area contributed by atoms with Crippen molar-refractivity contribution >= 4 is 13.1 Å². The number of esters is 1. The maximum Gasteiger partial charge on any atom is 0.483 e. The first-order valence-electron chi connectivity index (χ1n) is 4.70. The lowest BCUT2D eigenvalue weighted by atomic mass is 9.68. The van der Waals surface area contributed by atoms with Crippen LogP contribution in [0.5, 0.6) is 0 Å². The van der Waals surface area contributed by atoms with Gasteiger partial charge in [-0.15, -0.1) is 0 Å². The van der Waals surface area contributed by atoms with Crippen molar-refractivity contribution in [1.82, 2.24) is 0 Å². The summed E-state index contributed by atoms with van der Waals surface area (Å²) in [6, 6.07) is 0. The Hall–Kier alpha value is -0.805. The SMILES string of the molecule is COC(=O)[C@@H]1CCC(B(O)O)=C[C@@H]1C. The van der Waals surface area contributed by atoms with Crippen LogP contribution in [0.1, 0.15) is 19.8 Å². The summed E-state index contributed by atoms with van der Waals surface area (Å²) in [5, 5.41) is 17.9. The number of carbonyl (C=O) groups excluding carboxylic acids is 1. The monoisotopic (exact) mass is 198 g/mol. The average Bonchev–Trinajstić information content (AvgIpc) is 2.16. The van der Waals surface area contributed by atoms with Crippen molar-refractivity contribution < 1.29 is 19.6 Å². The second kappa shape index (κ2) is 4.62. The highest BCUT2D eigenvalue weighted by Gasteiger charge is 2.31. The van der Waals surface area contributed by atoms with Gasteiger partial charge in [-0.25, -0.2) is 0 Å². The van der Waals surface area contributed by atoms with E-state index in [1.165, 1.54) is 7.11 Å². The summed E-state index contributed by atoms with van der Waals surface area (Å²) < 4.78 is 4.66. The predicted molar refractivity (Wildman–Crippen MR) is 52.2 cm³/mol. The maximum absolute atomic E-state index is 11.3. The molecule has 2 N–H and O–H groups in total. The third kappa shape index (κ3) is 2.36. The maximum atomic E-state index is 11.3. The van der Waals surface area contributed by atoms with Crippen LogP contribution >= 0.6 is 0 Å². The third-order valence-corrected chi connectivity index (χ3v) is 2.69. The summed E-state index contributed by atoms with van der Waals surface area (Å²) in [5.74, 6) is -0.365. The predicted octanol–water partition coefficient (Wildman–Crippen LogP) is 0.144. The minimum atomic E-state index is -1.39. The first-order chi connectivity index (χ1) is 6.56. The molecule has 1 rings (SSSR count). The van der Waals surface area contributed by atoms with Gasteiger partial charge in [0.2, 0.25) is 0 Å². The second-order valence-electron chi connectivity index (χ2n) is 3.64. The highest BCUT2D eigenvalue weighted by atomic mass is 16.5. The van der Waals surface area contributed by atoms with Crippen molar-refractivity contribution in [3.8, 4) is 0 Å². The topological polar surface area (TPSA) is 66.8 Å². The van der Waals surface area contributed by atoms with Gasteiger partial charge in [-0.3, -0.25) is 4.79 Å². The van der Waals surface area contributed by atoms with Crippen molar-refractivity contribution in [1.29, 1.82) is 0 Å². The molecule has 1 aliphatic carbocycles. The Balaban J connectivity index is 2.69. The Morgan fingerprint density at radius 1 is 1.64 bits per heavy atom. The van der Waals surface area contributed by atoms with Crippen LogP contribution in [0.4, 0.5) is 0 Å². The van der Waals surface area contributed by atoms with Gasteiger partial charge < -0.3 is 14.8 Å². The molecular formula is C9H15BO4. The fourth-order valence-electron chi connectivity index (χ4n) is 1.82. The molecule has 0 spiro atoms. The van der Waals surface area contributed by atoms with Gasteiger partial charge in [0.05, 0.1) is 13.0 Å². The molecule has 0 saturated heterocycles. The summed E-state index contributed by atoms with van der Waals surface area (Å²) in [7, 11) is -0.0223. The quantitative estimate of drug-likeness (QED) is 0.489. The second-order valence-corrected chi connectivity index (χ2v) is 3.64. The molecule has 14 heavy (non-hydrogen) atoms. The number of hydrogen-bond donors (Lipinski definition) is 2. The van der Waals surface area contributed by atoms with Gasteiger partial charge in [-0.05, 0) is 24.2 Å². The molecule has 0 heterocycles.